The van der Waals surface area contributed by atoms with Gasteiger partial charge in [0.2, 0.25) is 0 Å². The summed E-state index contributed by atoms with van der Waals surface area (Å²) < 4.78 is 2.68. The van der Waals surface area contributed by atoms with Crippen LogP contribution in [0.4, 0.5) is 0 Å². The lowest BCUT2D eigenvalue weighted by Crippen LogP contribution is -2.42. The average molecular weight is 266 g/mol. The normalized spacial score (nSPS) is 20.7. The minimum Gasteiger partial charge on any atom is -0.330 e. The van der Waals surface area contributed by atoms with Crippen LogP contribution in [0.5, 0.6) is 0 Å². The van der Waals surface area contributed by atoms with Gasteiger partial charge >= 0.3 is 5.69 Å². The van der Waals surface area contributed by atoms with Crippen molar-refractivity contribution in [2.75, 3.05) is 19.6 Å². The lowest BCUT2D eigenvalue weighted by atomic mass is 9.98. The maximum atomic E-state index is 11.9. The molecule has 1 fully saturated rings. The molecule has 1 aliphatic rings. The Morgan fingerprint density at radius 2 is 2.05 bits per heavy atom. The predicted octanol–water partition coefficient (Wildman–Crippen LogP) is -0.745. The summed E-state index contributed by atoms with van der Waals surface area (Å²) in [4.78, 5) is 25.8. The molecule has 6 nitrogen and oxygen atoms in total. The molecule has 2 N–H and O–H groups in total. The molecule has 6 heteroatoms. The van der Waals surface area contributed by atoms with Crippen LogP contribution in [0.1, 0.15) is 18.5 Å². The van der Waals surface area contributed by atoms with Crippen molar-refractivity contribution in [1.29, 1.82) is 0 Å². The molecule has 1 aromatic heterocycles. The van der Waals surface area contributed by atoms with Crippen LogP contribution in [-0.2, 0) is 20.6 Å². The SMILES string of the molecule is Cn1c(CN2CCCC(CN)C2)cc(=O)n(C)c1=O. The van der Waals surface area contributed by atoms with Gasteiger partial charge in [-0.1, -0.05) is 0 Å². The number of hydrogen-bond acceptors (Lipinski definition) is 4. The smallest absolute Gasteiger partial charge is 0.330 e. The Balaban J connectivity index is 2.20. The fraction of sp³-hybridized carbons (Fsp3) is 0.692. The molecule has 1 aromatic rings. The van der Waals surface area contributed by atoms with E-state index in [1.54, 1.807) is 17.7 Å². The molecule has 106 valence electrons. The summed E-state index contributed by atoms with van der Waals surface area (Å²) in [6, 6.07) is 1.55. The Bertz CT molecular complexity index is 561. The minimum absolute atomic E-state index is 0.245. The van der Waals surface area contributed by atoms with Gasteiger partial charge in [-0.3, -0.25) is 18.8 Å². The molecule has 0 radical (unpaired) electrons. The predicted molar refractivity (Wildman–Crippen MR) is 74.0 cm³/mol. The zero-order valence-electron chi connectivity index (χ0n) is 11.6. The van der Waals surface area contributed by atoms with E-state index >= 15 is 0 Å². The third-order valence-corrected chi connectivity index (χ3v) is 3.95. The lowest BCUT2D eigenvalue weighted by Gasteiger charge is -2.32. The number of nitrogens with two attached hydrogens (primary N) is 1. The molecule has 2 heterocycles. The number of nitrogens with zero attached hydrogens (tertiary/aromatic N) is 3. The quantitative estimate of drug-likeness (QED) is 0.781. The van der Waals surface area contributed by atoms with Gasteiger partial charge < -0.3 is 5.73 Å². The number of hydrogen-bond donors (Lipinski definition) is 1. The van der Waals surface area contributed by atoms with Crippen molar-refractivity contribution in [2.45, 2.75) is 19.4 Å². The summed E-state index contributed by atoms with van der Waals surface area (Å²) in [6.07, 6.45) is 2.29. The van der Waals surface area contributed by atoms with E-state index in [1.165, 1.54) is 13.5 Å². The van der Waals surface area contributed by atoms with E-state index in [4.69, 9.17) is 5.73 Å². The highest BCUT2D eigenvalue weighted by Gasteiger charge is 2.19. The van der Waals surface area contributed by atoms with E-state index in [-0.39, 0.29) is 11.2 Å². The van der Waals surface area contributed by atoms with Gasteiger partial charge in [-0.25, -0.2) is 4.79 Å². The second kappa shape index (κ2) is 5.71. The van der Waals surface area contributed by atoms with Crippen LogP contribution < -0.4 is 17.0 Å². The molecule has 0 aliphatic carbocycles. The number of likely N-dealkylation sites (tertiary alicyclic amines) is 1. The molecule has 2 rings (SSSR count). The first-order valence-electron chi connectivity index (χ1n) is 6.71. The van der Waals surface area contributed by atoms with E-state index in [2.05, 4.69) is 4.90 Å². The Morgan fingerprint density at radius 3 is 2.74 bits per heavy atom. The molecule has 0 bridgehead atoms. The van der Waals surface area contributed by atoms with Crippen LogP contribution in [0.2, 0.25) is 0 Å². The highest BCUT2D eigenvalue weighted by molar-refractivity contribution is 5.02. The van der Waals surface area contributed by atoms with Gasteiger partial charge in [-0.05, 0) is 31.8 Å². The van der Waals surface area contributed by atoms with Gasteiger partial charge in [0.05, 0.1) is 0 Å². The third-order valence-electron chi connectivity index (χ3n) is 3.95. The minimum atomic E-state index is -0.269. The highest BCUT2D eigenvalue weighted by Crippen LogP contribution is 2.16. The van der Waals surface area contributed by atoms with E-state index in [0.29, 0.717) is 19.0 Å². The van der Waals surface area contributed by atoms with Crippen LogP contribution in [0.25, 0.3) is 0 Å². The standard InChI is InChI=1S/C13H22N4O2/c1-15-11(6-12(18)16(2)13(15)19)9-17-5-3-4-10(7-14)8-17/h6,10H,3-5,7-9,14H2,1-2H3. The third kappa shape index (κ3) is 2.96. The molecular weight excluding hydrogens is 244 g/mol. The molecule has 1 unspecified atom stereocenters. The van der Waals surface area contributed by atoms with E-state index < -0.39 is 0 Å². The molecule has 0 saturated carbocycles. The van der Waals surface area contributed by atoms with Gasteiger partial charge in [-0.2, -0.15) is 0 Å². The Labute approximate surface area is 112 Å². The summed E-state index contributed by atoms with van der Waals surface area (Å²) >= 11 is 0. The van der Waals surface area contributed by atoms with Crippen LogP contribution in [0, 0.1) is 5.92 Å². The van der Waals surface area contributed by atoms with Gasteiger partial charge in [0.15, 0.2) is 0 Å². The monoisotopic (exact) mass is 266 g/mol. The summed E-state index contributed by atoms with van der Waals surface area (Å²) in [7, 11) is 3.21. The second-order valence-electron chi connectivity index (χ2n) is 5.35. The number of piperidine rings is 1. The van der Waals surface area contributed by atoms with Crippen LogP contribution >= 0.6 is 0 Å². The largest absolute Gasteiger partial charge is 0.330 e. The van der Waals surface area contributed by atoms with Gasteiger partial charge in [0.25, 0.3) is 5.56 Å². The van der Waals surface area contributed by atoms with Crippen molar-refractivity contribution in [1.82, 2.24) is 14.0 Å². The lowest BCUT2D eigenvalue weighted by molar-refractivity contribution is 0.167. The molecular formula is C13H22N4O2. The second-order valence-corrected chi connectivity index (χ2v) is 5.35. The zero-order chi connectivity index (χ0) is 14.0. The van der Waals surface area contributed by atoms with Gasteiger partial charge in [0, 0.05) is 38.9 Å². The summed E-state index contributed by atoms with van der Waals surface area (Å²) in [5, 5.41) is 0. The molecule has 0 amide bonds. The van der Waals surface area contributed by atoms with Crippen LogP contribution in [0.3, 0.4) is 0 Å². The van der Waals surface area contributed by atoms with Crippen LogP contribution in [-0.4, -0.2) is 33.7 Å². The maximum Gasteiger partial charge on any atom is 0.330 e. The average Bonchev–Trinajstić information content (AvgIpc) is 2.42. The number of aromatic nitrogens is 2. The summed E-state index contributed by atoms with van der Waals surface area (Å²) in [5.41, 5.74) is 5.98. The van der Waals surface area contributed by atoms with Crippen molar-refractivity contribution < 1.29 is 0 Å². The molecule has 1 atom stereocenters. The van der Waals surface area contributed by atoms with Crippen molar-refractivity contribution in [3.63, 3.8) is 0 Å². The topological polar surface area (TPSA) is 73.3 Å². The molecule has 19 heavy (non-hydrogen) atoms. The van der Waals surface area contributed by atoms with Crippen molar-refractivity contribution >= 4 is 0 Å². The van der Waals surface area contributed by atoms with E-state index in [0.717, 1.165) is 29.8 Å². The van der Waals surface area contributed by atoms with Gasteiger partial charge in [-0.15, -0.1) is 0 Å². The first-order valence-corrected chi connectivity index (χ1v) is 6.71. The van der Waals surface area contributed by atoms with E-state index in [1.807, 2.05) is 0 Å². The maximum absolute atomic E-state index is 11.9. The molecule has 0 aromatic carbocycles. The highest BCUT2D eigenvalue weighted by atomic mass is 16.2. The molecule has 1 saturated heterocycles. The summed E-state index contributed by atoms with van der Waals surface area (Å²) in [6.45, 7) is 3.28. The first kappa shape index (κ1) is 14.0. The molecule has 1 aliphatic heterocycles. The first-order chi connectivity index (χ1) is 9.02. The Hall–Kier alpha value is -1.40. The fourth-order valence-electron chi connectivity index (χ4n) is 2.65. The van der Waals surface area contributed by atoms with Crippen molar-refractivity contribution in [3.05, 3.63) is 32.6 Å². The number of rotatable bonds is 3. The summed E-state index contributed by atoms with van der Waals surface area (Å²) in [5.74, 6) is 0.525. The zero-order valence-corrected chi connectivity index (χ0v) is 11.6. The van der Waals surface area contributed by atoms with Crippen LogP contribution in [0.15, 0.2) is 15.7 Å². The van der Waals surface area contributed by atoms with E-state index in [9.17, 15) is 9.59 Å². The van der Waals surface area contributed by atoms with Crippen molar-refractivity contribution in [3.8, 4) is 0 Å². The Morgan fingerprint density at radius 1 is 1.32 bits per heavy atom. The molecule has 0 spiro atoms. The Kier molecular flexibility index (Phi) is 4.21. The van der Waals surface area contributed by atoms with Gasteiger partial charge in [0.1, 0.15) is 0 Å². The fourth-order valence-corrected chi connectivity index (χ4v) is 2.65. The van der Waals surface area contributed by atoms with Crippen molar-refractivity contribution in [2.24, 2.45) is 25.7 Å².